The van der Waals surface area contributed by atoms with Crippen molar-refractivity contribution in [1.29, 1.82) is 0 Å². The molecule has 3 aromatic rings. The maximum absolute atomic E-state index is 12.7. The van der Waals surface area contributed by atoms with E-state index in [0.29, 0.717) is 25.5 Å². The Hall–Kier alpha value is -3.22. The average molecular weight is 451 g/mol. The van der Waals surface area contributed by atoms with Gasteiger partial charge in [-0.25, -0.2) is 4.98 Å². The lowest BCUT2D eigenvalue weighted by atomic mass is 10.00. The van der Waals surface area contributed by atoms with Gasteiger partial charge in [-0.1, -0.05) is 36.4 Å². The van der Waals surface area contributed by atoms with Gasteiger partial charge >= 0.3 is 0 Å². The largest absolute Gasteiger partial charge is 0.338 e. The summed E-state index contributed by atoms with van der Waals surface area (Å²) in [4.78, 5) is 32.5. The summed E-state index contributed by atoms with van der Waals surface area (Å²) in [6, 6.07) is 14.4. The van der Waals surface area contributed by atoms with Crippen molar-refractivity contribution in [3.63, 3.8) is 0 Å². The highest BCUT2D eigenvalue weighted by molar-refractivity contribution is 5.94. The molecule has 6 nitrogen and oxygen atoms in total. The van der Waals surface area contributed by atoms with E-state index in [9.17, 15) is 9.59 Å². The Bertz CT molecular complexity index is 1190. The molecule has 2 heterocycles. The molecular formula is C25H27ClN4O2. The molecule has 0 aliphatic carbocycles. The Morgan fingerprint density at radius 1 is 1.19 bits per heavy atom. The van der Waals surface area contributed by atoms with Crippen molar-refractivity contribution in [2.24, 2.45) is 0 Å². The summed E-state index contributed by atoms with van der Waals surface area (Å²) in [7, 11) is 3.70. The molecule has 0 fully saturated rings. The highest BCUT2D eigenvalue weighted by atomic mass is 35.5. The summed E-state index contributed by atoms with van der Waals surface area (Å²) in [5.74, 6) is 0.434. The fourth-order valence-electron chi connectivity index (χ4n) is 3.89. The SMILES string of the molecule is Cc1ccc(CN(C)C(=O)/C=C/c2cnc3c(c2)CN(C)CC(=O)N3)c2ccccc12.Cl. The first-order valence-electron chi connectivity index (χ1n) is 10.3. The van der Waals surface area contributed by atoms with E-state index in [2.05, 4.69) is 41.5 Å². The van der Waals surface area contributed by atoms with Gasteiger partial charge in [-0.15, -0.1) is 12.4 Å². The number of benzene rings is 2. The zero-order valence-electron chi connectivity index (χ0n) is 18.5. The number of halogens is 1. The third-order valence-electron chi connectivity index (χ3n) is 5.53. The number of carbonyl (C=O) groups is 2. The van der Waals surface area contributed by atoms with Gasteiger partial charge in [-0.3, -0.25) is 14.5 Å². The predicted molar refractivity (Wildman–Crippen MR) is 131 cm³/mol. The van der Waals surface area contributed by atoms with Gasteiger partial charge in [0.05, 0.1) is 6.54 Å². The van der Waals surface area contributed by atoms with Gasteiger partial charge in [-0.05, 0) is 53.6 Å². The molecule has 0 saturated heterocycles. The molecule has 166 valence electrons. The number of hydrogen-bond donors (Lipinski definition) is 1. The molecule has 1 aromatic heterocycles. The number of rotatable bonds is 4. The number of aromatic nitrogens is 1. The van der Waals surface area contributed by atoms with Crippen LogP contribution in [0.3, 0.4) is 0 Å². The van der Waals surface area contributed by atoms with E-state index >= 15 is 0 Å². The van der Waals surface area contributed by atoms with Crippen molar-refractivity contribution < 1.29 is 9.59 Å². The van der Waals surface area contributed by atoms with Crippen molar-refractivity contribution in [1.82, 2.24) is 14.8 Å². The Morgan fingerprint density at radius 3 is 2.72 bits per heavy atom. The molecule has 0 radical (unpaired) electrons. The summed E-state index contributed by atoms with van der Waals surface area (Å²) < 4.78 is 0. The number of likely N-dealkylation sites (N-methyl/N-ethyl adjacent to an activating group) is 2. The van der Waals surface area contributed by atoms with Crippen molar-refractivity contribution in [2.75, 3.05) is 26.0 Å². The molecule has 0 unspecified atom stereocenters. The molecule has 0 saturated carbocycles. The van der Waals surface area contributed by atoms with Gasteiger partial charge in [-0.2, -0.15) is 0 Å². The van der Waals surface area contributed by atoms with Gasteiger partial charge in [0.1, 0.15) is 5.82 Å². The molecule has 7 heteroatoms. The van der Waals surface area contributed by atoms with Crippen LogP contribution in [-0.4, -0.2) is 47.2 Å². The second-order valence-corrected chi connectivity index (χ2v) is 8.11. The molecule has 0 bridgehead atoms. The molecule has 0 atom stereocenters. The third-order valence-corrected chi connectivity index (χ3v) is 5.53. The second kappa shape index (κ2) is 9.94. The first kappa shape index (κ1) is 23.4. The quantitative estimate of drug-likeness (QED) is 0.610. The van der Waals surface area contributed by atoms with Gasteiger partial charge in [0, 0.05) is 38.0 Å². The number of nitrogens with one attached hydrogen (secondary N) is 1. The highest BCUT2D eigenvalue weighted by Gasteiger charge is 2.17. The number of fused-ring (bicyclic) bond motifs is 2. The molecule has 4 rings (SSSR count). The van der Waals surface area contributed by atoms with Crippen molar-refractivity contribution in [2.45, 2.75) is 20.0 Å². The highest BCUT2D eigenvalue weighted by Crippen LogP contribution is 2.23. The summed E-state index contributed by atoms with van der Waals surface area (Å²) in [5, 5.41) is 5.20. The van der Waals surface area contributed by atoms with Crippen LogP contribution in [0.1, 0.15) is 22.3 Å². The van der Waals surface area contributed by atoms with E-state index < -0.39 is 0 Å². The standard InChI is InChI=1S/C25H26N4O2.ClH/c1-17-8-10-19(22-7-5-4-6-21(17)22)15-29(3)24(31)11-9-18-12-20-14-28(2)16-23(30)27-25(20)26-13-18;/h4-13H,14-16H2,1-3H3,(H,26,27,30);1H/b11-9+;. The molecular weight excluding hydrogens is 424 g/mol. The Labute approximate surface area is 194 Å². The Balaban J connectivity index is 0.00000289. The molecule has 1 aliphatic rings. The van der Waals surface area contributed by atoms with Crippen LogP contribution in [0.4, 0.5) is 5.82 Å². The zero-order chi connectivity index (χ0) is 22.0. The van der Waals surface area contributed by atoms with E-state index in [0.717, 1.165) is 16.7 Å². The smallest absolute Gasteiger partial charge is 0.246 e. The van der Waals surface area contributed by atoms with Crippen LogP contribution in [0.25, 0.3) is 16.8 Å². The summed E-state index contributed by atoms with van der Waals surface area (Å²) in [5.41, 5.74) is 4.11. The lowest BCUT2D eigenvalue weighted by Gasteiger charge is -2.17. The van der Waals surface area contributed by atoms with Crippen molar-refractivity contribution in [3.8, 4) is 0 Å². The monoisotopic (exact) mass is 450 g/mol. The van der Waals surface area contributed by atoms with E-state index in [-0.39, 0.29) is 24.2 Å². The Morgan fingerprint density at radius 2 is 1.94 bits per heavy atom. The molecule has 32 heavy (non-hydrogen) atoms. The topological polar surface area (TPSA) is 65.5 Å². The van der Waals surface area contributed by atoms with Gasteiger partial charge in [0.15, 0.2) is 0 Å². The molecule has 2 aromatic carbocycles. The number of carbonyl (C=O) groups excluding carboxylic acids is 2. The van der Waals surface area contributed by atoms with Crippen LogP contribution >= 0.6 is 12.4 Å². The van der Waals surface area contributed by atoms with E-state index in [1.54, 1.807) is 30.3 Å². The van der Waals surface area contributed by atoms with Crippen LogP contribution in [0.2, 0.25) is 0 Å². The van der Waals surface area contributed by atoms with Crippen LogP contribution < -0.4 is 5.32 Å². The number of hydrogen-bond acceptors (Lipinski definition) is 4. The van der Waals surface area contributed by atoms with Gasteiger partial charge < -0.3 is 10.2 Å². The first-order valence-corrected chi connectivity index (χ1v) is 10.3. The Kier molecular flexibility index (Phi) is 7.28. The summed E-state index contributed by atoms with van der Waals surface area (Å²) in [6.07, 6.45) is 5.01. The van der Waals surface area contributed by atoms with Gasteiger partial charge in [0.2, 0.25) is 11.8 Å². The lowest BCUT2D eigenvalue weighted by Crippen LogP contribution is -2.26. The minimum atomic E-state index is -0.0787. The zero-order valence-corrected chi connectivity index (χ0v) is 19.3. The summed E-state index contributed by atoms with van der Waals surface area (Å²) in [6.45, 7) is 3.58. The van der Waals surface area contributed by atoms with Crippen LogP contribution in [0.15, 0.2) is 54.7 Å². The summed E-state index contributed by atoms with van der Waals surface area (Å²) >= 11 is 0. The third kappa shape index (κ3) is 5.15. The van der Waals surface area contributed by atoms with Crippen LogP contribution in [0.5, 0.6) is 0 Å². The fourth-order valence-corrected chi connectivity index (χ4v) is 3.89. The molecule has 0 spiro atoms. The van der Waals surface area contributed by atoms with E-state index in [1.165, 1.54) is 16.3 Å². The first-order chi connectivity index (χ1) is 14.9. The maximum atomic E-state index is 12.7. The molecule has 1 aliphatic heterocycles. The normalized spacial score (nSPS) is 13.9. The second-order valence-electron chi connectivity index (χ2n) is 8.11. The number of pyridine rings is 1. The average Bonchev–Trinajstić information content (AvgIpc) is 2.89. The predicted octanol–water partition coefficient (Wildman–Crippen LogP) is 4.02. The molecule has 2 amide bonds. The minimum absolute atomic E-state index is 0. The number of aryl methyl sites for hydroxylation is 1. The van der Waals surface area contributed by atoms with Crippen molar-refractivity contribution in [3.05, 3.63) is 77.0 Å². The number of amides is 2. The van der Waals surface area contributed by atoms with Crippen LogP contribution in [0, 0.1) is 6.92 Å². The van der Waals surface area contributed by atoms with E-state index in [1.807, 2.05) is 30.1 Å². The van der Waals surface area contributed by atoms with Crippen LogP contribution in [-0.2, 0) is 22.7 Å². The minimum Gasteiger partial charge on any atom is -0.338 e. The molecule has 1 N–H and O–H groups in total. The number of nitrogens with zero attached hydrogens (tertiary/aromatic N) is 3. The van der Waals surface area contributed by atoms with Crippen molar-refractivity contribution >= 4 is 46.9 Å². The maximum Gasteiger partial charge on any atom is 0.246 e. The fraction of sp³-hybridized carbons (Fsp3) is 0.240. The van der Waals surface area contributed by atoms with Gasteiger partial charge in [0.25, 0.3) is 0 Å². The number of anilines is 1. The van der Waals surface area contributed by atoms with E-state index in [4.69, 9.17) is 0 Å². The lowest BCUT2D eigenvalue weighted by molar-refractivity contribution is -0.125.